The maximum absolute atomic E-state index is 12.4. The fourth-order valence-electron chi connectivity index (χ4n) is 2.55. The van der Waals surface area contributed by atoms with Crippen LogP contribution in [0.25, 0.3) is 0 Å². The molecule has 0 aliphatic rings. The summed E-state index contributed by atoms with van der Waals surface area (Å²) in [5.41, 5.74) is 1.92. The van der Waals surface area contributed by atoms with Crippen molar-refractivity contribution in [2.75, 3.05) is 0 Å². The molecule has 1 rings (SSSR count). The van der Waals surface area contributed by atoms with E-state index in [0.29, 0.717) is 0 Å². The van der Waals surface area contributed by atoms with Gasteiger partial charge in [-0.25, -0.2) is 0 Å². The molecule has 0 aliphatic carbocycles. The zero-order valence-electron chi connectivity index (χ0n) is 12.7. The Morgan fingerprint density at radius 3 is 2.26 bits per heavy atom. The minimum atomic E-state index is -0.205. The van der Waals surface area contributed by atoms with Gasteiger partial charge in [-0.05, 0) is 67.3 Å². The van der Waals surface area contributed by atoms with Crippen LogP contribution in [-0.4, -0.2) is 11.4 Å². The van der Waals surface area contributed by atoms with Gasteiger partial charge in [0.05, 0.1) is 5.56 Å². The van der Waals surface area contributed by atoms with Gasteiger partial charge >= 0.3 is 0 Å². The molecule has 1 amide bonds. The van der Waals surface area contributed by atoms with E-state index in [1.54, 1.807) is 0 Å². The first-order chi connectivity index (χ1) is 8.50. The third-order valence-corrected chi connectivity index (χ3v) is 3.69. The van der Waals surface area contributed by atoms with Crippen LogP contribution in [0.15, 0.2) is 18.2 Å². The average Bonchev–Trinajstić information content (AvgIpc) is 2.11. The summed E-state index contributed by atoms with van der Waals surface area (Å²) in [6.07, 6.45) is 0.939. The molecule has 0 spiro atoms. The van der Waals surface area contributed by atoms with Crippen molar-refractivity contribution in [3.8, 4) is 0 Å². The highest BCUT2D eigenvalue weighted by Crippen LogP contribution is 2.27. The second-order valence-electron chi connectivity index (χ2n) is 7.06. The minimum Gasteiger partial charge on any atom is -0.347 e. The number of hydrogen-bond donors (Lipinski definition) is 1. The number of hydrogen-bond acceptors (Lipinski definition) is 1. The van der Waals surface area contributed by atoms with Gasteiger partial charge in [-0.15, -0.1) is 0 Å². The van der Waals surface area contributed by atoms with Crippen LogP contribution in [0.4, 0.5) is 0 Å². The third kappa shape index (κ3) is 5.51. The molecule has 0 aromatic heterocycles. The number of nitrogens with one attached hydrogen (secondary N) is 1. The standard InChI is InChI=1S/C16H24INO/c1-11-7-8-12(13(17)9-11)14(19)18-16(5,6)10-15(2,3)4/h7-9H,10H2,1-6H3,(H,18,19). The van der Waals surface area contributed by atoms with Gasteiger partial charge < -0.3 is 5.32 Å². The van der Waals surface area contributed by atoms with Crippen molar-refractivity contribution in [2.24, 2.45) is 5.41 Å². The number of halogens is 1. The number of aryl methyl sites for hydroxylation is 1. The zero-order valence-corrected chi connectivity index (χ0v) is 14.9. The van der Waals surface area contributed by atoms with Crippen molar-refractivity contribution >= 4 is 28.5 Å². The molecule has 2 nitrogen and oxygen atoms in total. The maximum Gasteiger partial charge on any atom is 0.252 e. The molecular formula is C16H24INO. The Kier molecular flexibility index (Phi) is 5.04. The molecule has 0 heterocycles. The highest BCUT2D eigenvalue weighted by Gasteiger charge is 2.27. The molecule has 0 saturated heterocycles. The van der Waals surface area contributed by atoms with Crippen LogP contribution in [0.1, 0.15) is 57.0 Å². The van der Waals surface area contributed by atoms with E-state index in [9.17, 15) is 4.79 Å². The zero-order chi connectivity index (χ0) is 14.8. The molecule has 19 heavy (non-hydrogen) atoms. The number of carbonyl (C=O) groups is 1. The largest absolute Gasteiger partial charge is 0.347 e. The first kappa shape index (κ1) is 16.5. The summed E-state index contributed by atoms with van der Waals surface area (Å²) in [5.74, 6) is 0.0126. The number of amides is 1. The van der Waals surface area contributed by atoms with Gasteiger partial charge in [-0.1, -0.05) is 32.4 Å². The van der Waals surface area contributed by atoms with Crippen LogP contribution in [0.2, 0.25) is 0 Å². The Hall–Kier alpha value is -0.580. The summed E-state index contributed by atoms with van der Waals surface area (Å²) in [7, 11) is 0. The lowest BCUT2D eigenvalue weighted by Crippen LogP contribution is -2.46. The normalized spacial score (nSPS) is 12.4. The predicted octanol–water partition coefficient (Wildman–Crippen LogP) is 4.54. The van der Waals surface area contributed by atoms with E-state index in [2.05, 4.69) is 62.5 Å². The molecule has 1 aromatic rings. The lowest BCUT2D eigenvalue weighted by atomic mass is 9.81. The van der Waals surface area contributed by atoms with Gasteiger partial charge in [0.2, 0.25) is 0 Å². The number of rotatable bonds is 3. The Morgan fingerprint density at radius 1 is 1.21 bits per heavy atom. The smallest absolute Gasteiger partial charge is 0.252 e. The highest BCUT2D eigenvalue weighted by molar-refractivity contribution is 14.1. The Bertz CT molecular complexity index is 472. The van der Waals surface area contributed by atoms with Crippen molar-refractivity contribution in [1.82, 2.24) is 5.32 Å². The van der Waals surface area contributed by atoms with E-state index in [1.165, 1.54) is 5.56 Å². The van der Waals surface area contributed by atoms with Crippen LogP contribution in [0.5, 0.6) is 0 Å². The third-order valence-electron chi connectivity index (χ3n) is 2.79. The summed E-state index contributed by atoms with van der Waals surface area (Å²) >= 11 is 2.22. The van der Waals surface area contributed by atoms with Crippen LogP contribution >= 0.6 is 22.6 Å². The molecule has 0 bridgehead atoms. The Morgan fingerprint density at radius 2 is 1.79 bits per heavy atom. The van der Waals surface area contributed by atoms with Crippen molar-refractivity contribution in [2.45, 2.75) is 53.5 Å². The van der Waals surface area contributed by atoms with Crippen LogP contribution in [0.3, 0.4) is 0 Å². The van der Waals surface area contributed by atoms with Crippen LogP contribution < -0.4 is 5.32 Å². The molecule has 0 radical (unpaired) electrons. The van der Waals surface area contributed by atoms with Crippen molar-refractivity contribution in [3.63, 3.8) is 0 Å². The molecule has 0 saturated carbocycles. The van der Waals surface area contributed by atoms with Crippen LogP contribution in [0, 0.1) is 15.9 Å². The van der Waals surface area contributed by atoms with E-state index < -0.39 is 0 Å². The topological polar surface area (TPSA) is 29.1 Å². The van der Waals surface area contributed by atoms with E-state index in [0.717, 1.165) is 15.6 Å². The van der Waals surface area contributed by atoms with Gasteiger partial charge in [0.25, 0.3) is 5.91 Å². The second kappa shape index (κ2) is 5.81. The summed E-state index contributed by atoms with van der Waals surface area (Å²) in [5, 5.41) is 3.15. The van der Waals surface area contributed by atoms with E-state index in [4.69, 9.17) is 0 Å². The van der Waals surface area contributed by atoms with Gasteiger partial charge in [0, 0.05) is 9.11 Å². The van der Waals surface area contributed by atoms with Gasteiger partial charge in [-0.3, -0.25) is 4.79 Å². The van der Waals surface area contributed by atoms with Crippen LogP contribution in [-0.2, 0) is 0 Å². The Balaban J connectivity index is 2.84. The average molecular weight is 373 g/mol. The van der Waals surface area contributed by atoms with Crippen molar-refractivity contribution in [3.05, 3.63) is 32.9 Å². The molecule has 0 aliphatic heterocycles. The summed E-state index contributed by atoms with van der Waals surface area (Å²) in [6, 6.07) is 5.92. The molecule has 0 fully saturated rings. The minimum absolute atomic E-state index is 0.0126. The second-order valence-corrected chi connectivity index (χ2v) is 8.22. The summed E-state index contributed by atoms with van der Waals surface area (Å²) in [6.45, 7) is 12.8. The molecule has 1 aromatic carbocycles. The van der Waals surface area contributed by atoms with E-state index in [1.807, 2.05) is 25.1 Å². The molecule has 106 valence electrons. The Labute approximate surface area is 130 Å². The number of benzene rings is 1. The summed E-state index contributed by atoms with van der Waals surface area (Å²) in [4.78, 5) is 12.4. The van der Waals surface area contributed by atoms with E-state index >= 15 is 0 Å². The quantitative estimate of drug-likeness (QED) is 0.775. The van der Waals surface area contributed by atoms with Crippen molar-refractivity contribution in [1.29, 1.82) is 0 Å². The molecule has 3 heteroatoms. The van der Waals surface area contributed by atoms with Crippen molar-refractivity contribution < 1.29 is 4.79 Å². The van der Waals surface area contributed by atoms with E-state index in [-0.39, 0.29) is 16.9 Å². The monoisotopic (exact) mass is 373 g/mol. The molecular weight excluding hydrogens is 349 g/mol. The summed E-state index contributed by atoms with van der Waals surface area (Å²) < 4.78 is 1.00. The number of carbonyl (C=O) groups excluding carboxylic acids is 1. The first-order valence-electron chi connectivity index (χ1n) is 6.59. The first-order valence-corrected chi connectivity index (χ1v) is 7.67. The fourth-order valence-corrected chi connectivity index (χ4v) is 3.46. The SMILES string of the molecule is Cc1ccc(C(=O)NC(C)(C)CC(C)(C)C)c(I)c1. The lowest BCUT2D eigenvalue weighted by molar-refractivity contribution is 0.0890. The molecule has 0 unspecified atom stereocenters. The van der Waals surface area contributed by atoms with Gasteiger partial charge in [0.15, 0.2) is 0 Å². The lowest BCUT2D eigenvalue weighted by Gasteiger charge is -2.33. The molecule has 0 atom stereocenters. The highest BCUT2D eigenvalue weighted by atomic mass is 127. The molecule has 1 N–H and O–H groups in total. The van der Waals surface area contributed by atoms with Gasteiger partial charge in [0.1, 0.15) is 0 Å². The fraction of sp³-hybridized carbons (Fsp3) is 0.562. The maximum atomic E-state index is 12.4. The predicted molar refractivity (Wildman–Crippen MR) is 89.5 cm³/mol. The van der Waals surface area contributed by atoms with Gasteiger partial charge in [-0.2, -0.15) is 0 Å².